The molecule has 0 unspecified atom stereocenters. The summed E-state index contributed by atoms with van der Waals surface area (Å²) in [5.41, 5.74) is 0.550. The van der Waals surface area contributed by atoms with Crippen LogP contribution in [0.4, 0.5) is 14.9 Å². The van der Waals surface area contributed by atoms with Crippen LogP contribution in [0.25, 0.3) is 0 Å². The summed E-state index contributed by atoms with van der Waals surface area (Å²) in [6, 6.07) is 4.01. The summed E-state index contributed by atoms with van der Waals surface area (Å²) in [6.45, 7) is 1.96. The van der Waals surface area contributed by atoms with Gasteiger partial charge in [-0.25, -0.2) is 9.18 Å². The quantitative estimate of drug-likeness (QED) is 0.781. The Bertz CT molecular complexity index is 556. The van der Waals surface area contributed by atoms with Crippen LogP contribution in [0.5, 0.6) is 0 Å². The molecule has 114 valence electrons. The van der Waals surface area contributed by atoms with Gasteiger partial charge in [-0.3, -0.25) is 4.79 Å². The largest absolute Gasteiger partial charge is 0.481 e. The summed E-state index contributed by atoms with van der Waals surface area (Å²) in [7, 11) is 0. The fourth-order valence-corrected chi connectivity index (χ4v) is 2.53. The minimum absolute atomic E-state index is 0.0619. The van der Waals surface area contributed by atoms with Crippen LogP contribution in [0.3, 0.4) is 0 Å². The van der Waals surface area contributed by atoms with Gasteiger partial charge in [0.2, 0.25) is 0 Å². The van der Waals surface area contributed by atoms with Crippen molar-refractivity contribution in [3.8, 4) is 0 Å². The number of anilines is 1. The molecule has 1 aliphatic carbocycles. The highest BCUT2D eigenvalue weighted by atomic mass is 19.1. The number of halogens is 1. The summed E-state index contributed by atoms with van der Waals surface area (Å²) >= 11 is 0. The lowest BCUT2D eigenvalue weighted by molar-refractivity contribution is -0.141. The van der Waals surface area contributed by atoms with E-state index < -0.39 is 12.0 Å². The van der Waals surface area contributed by atoms with Crippen LogP contribution >= 0.6 is 0 Å². The minimum Gasteiger partial charge on any atom is -0.481 e. The van der Waals surface area contributed by atoms with E-state index in [1.54, 1.807) is 19.1 Å². The maximum absolute atomic E-state index is 13.4. The van der Waals surface area contributed by atoms with Crippen molar-refractivity contribution in [1.82, 2.24) is 5.32 Å². The number of aliphatic carboxylic acids is 1. The van der Waals surface area contributed by atoms with Gasteiger partial charge in [-0.2, -0.15) is 0 Å². The zero-order valence-corrected chi connectivity index (χ0v) is 11.9. The van der Waals surface area contributed by atoms with Crippen LogP contribution < -0.4 is 10.6 Å². The molecule has 3 N–H and O–H groups in total. The molecule has 1 aliphatic rings. The molecule has 0 spiro atoms. The molecule has 1 aromatic carbocycles. The third-order valence-electron chi connectivity index (χ3n) is 3.99. The van der Waals surface area contributed by atoms with Crippen molar-refractivity contribution in [1.29, 1.82) is 0 Å². The molecule has 0 bridgehead atoms. The van der Waals surface area contributed by atoms with Crippen molar-refractivity contribution < 1.29 is 19.1 Å². The Hall–Kier alpha value is -2.11. The molecule has 0 aliphatic heterocycles. The predicted molar refractivity (Wildman–Crippen MR) is 76.7 cm³/mol. The van der Waals surface area contributed by atoms with E-state index in [0.717, 1.165) is 19.3 Å². The van der Waals surface area contributed by atoms with E-state index in [-0.39, 0.29) is 17.7 Å². The number of rotatable bonds is 5. The van der Waals surface area contributed by atoms with Gasteiger partial charge in [0.1, 0.15) is 5.82 Å². The van der Waals surface area contributed by atoms with Gasteiger partial charge in [0.25, 0.3) is 0 Å². The normalized spacial score (nSPS) is 15.9. The Morgan fingerprint density at radius 3 is 2.62 bits per heavy atom. The van der Waals surface area contributed by atoms with Gasteiger partial charge in [0.05, 0.1) is 6.42 Å². The molecule has 2 amide bonds. The lowest BCUT2D eigenvalue weighted by Crippen LogP contribution is -2.44. The van der Waals surface area contributed by atoms with Crippen LogP contribution in [-0.4, -0.2) is 23.7 Å². The maximum atomic E-state index is 13.4. The number of urea groups is 1. The minimum atomic E-state index is -0.850. The number of benzene rings is 1. The monoisotopic (exact) mass is 294 g/mol. The predicted octanol–water partition coefficient (Wildman–Crippen LogP) is 2.90. The van der Waals surface area contributed by atoms with Crippen LogP contribution in [0.1, 0.15) is 31.2 Å². The van der Waals surface area contributed by atoms with Gasteiger partial charge in [-0.15, -0.1) is 0 Å². The average molecular weight is 294 g/mol. The number of amides is 2. The Labute approximate surface area is 122 Å². The van der Waals surface area contributed by atoms with Crippen molar-refractivity contribution in [3.63, 3.8) is 0 Å². The zero-order chi connectivity index (χ0) is 15.5. The Kier molecular flexibility index (Phi) is 4.45. The summed E-state index contributed by atoms with van der Waals surface area (Å²) in [4.78, 5) is 22.6. The molecule has 1 fully saturated rings. The van der Waals surface area contributed by atoms with E-state index in [1.165, 1.54) is 6.07 Å². The first kappa shape index (κ1) is 15.3. The molecule has 1 saturated carbocycles. The molecule has 0 saturated heterocycles. The molecule has 6 heteroatoms. The molecule has 2 rings (SSSR count). The van der Waals surface area contributed by atoms with E-state index in [0.29, 0.717) is 17.8 Å². The highest BCUT2D eigenvalue weighted by Gasteiger charge is 2.39. The van der Waals surface area contributed by atoms with Crippen molar-refractivity contribution in [3.05, 3.63) is 29.6 Å². The second-order valence-corrected chi connectivity index (χ2v) is 5.70. The Morgan fingerprint density at radius 2 is 2.10 bits per heavy atom. The fourth-order valence-electron chi connectivity index (χ4n) is 2.53. The number of carbonyl (C=O) groups excluding carboxylic acids is 1. The van der Waals surface area contributed by atoms with Crippen LogP contribution in [0.15, 0.2) is 18.2 Å². The van der Waals surface area contributed by atoms with E-state index in [2.05, 4.69) is 10.6 Å². The highest BCUT2D eigenvalue weighted by Crippen LogP contribution is 2.43. The van der Waals surface area contributed by atoms with Crippen molar-refractivity contribution in [2.45, 2.75) is 32.6 Å². The van der Waals surface area contributed by atoms with Gasteiger partial charge in [0.15, 0.2) is 0 Å². The fraction of sp³-hybridized carbons (Fsp3) is 0.467. The first-order valence-corrected chi connectivity index (χ1v) is 6.93. The first-order chi connectivity index (χ1) is 9.90. The summed E-state index contributed by atoms with van der Waals surface area (Å²) in [6.07, 6.45) is 2.66. The molecule has 0 atom stereocenters. The number of hydrogen-bond acceptors (Lipinski definition) is 2. The topological polar surface area (TPSA) is 78.4 Å². The number of aryl methyl sites for hydroxylation is 1. The van der Waals surface area contributed by atoms with Gasteiger partial charge in [-0.1, -0.05) is 12.5 Å². The second-order valence-electron chi connectivity index (χ2n) is 5.70. The summed E-state index contributed by atoms with van der Waals surface area (Å²) < 4.78 is 13.4. The lowest BCUT2D eigenvalue weighted by atomic mass is 9.66. The Morgan fingerprint density at radius 1 is 1.38 bits per heavy atom. The van der Waals surface area contributed by atoms with Crippen molar-refractivity contribution in [2.75, 3.05) is 11.9 Å². The first-order valence-electron chi connectivity index (χ1n) is 6.93. The van der Waals surface area contributed by atoms with E-state index in [4.69, 9.17) is 5.11 Å². The molecule has 21 heavy (non-hydrogen) atoms. The number of carboxylic acids is 1. The third-order valence-corrected chi connectivity index (χ3v) is 3.99. The highest BCUT2D eigenvalue weighted by molar-refractivity contribution is 5.89. The number of carbonyl (C=O) groups is 2. The molecule has 0 heterocycles. The summed E-state index contributed by atoms with van der Waals surface area (Å²) in [5.74, 6) is -1.23. The van der Waals surface area contributed by atoms with Gasteiger partial charge in [0, 0.05) is 12.2 Å². The van der Waals surface area contributed by atoms with Crippen LogP contribution in [-0.2, 0) is 4.79 Å². The molecule has 0 radical (unpaired) electrons. The van der Waals surface area contributed by atoms with Crippen LogP contribution in [0, 0.1) is 18.2 Å². The molecular formula is C15H19FN2O3. The molecule has 5 nitrogen and oxygen atoms in total. The third kappa shape index (κ3) is 3.93. The average Bonchev–Trinajstić information content (AvgIpc) is 2.36. The lowest BCUT2D eigenvalue weighted by Gasteiger charge is -2.40. The molecular weight excluding hydrogens is 275 g/mol. The smallest absolute Gasteiger partial charge is 0.319 e. The zero-order valence-electron chi connectivity index (χ0n) is 11.9. The van der Waals surface area contributed by atoms with E-state index in [9.17, 15) is 14.0 Å². The summed E-state index contributed by atoms with van der Waals surface area (Å²) in [5, 5.41) is 14.1. The Balaban J connectivity index is 1.87. The standard InChI is InChI=1S/C15H19FN2O3/c1-10-3-4-11(7-12(10)16)18-14(21)17-9-15(5-2-6-15)8-13(19)20/h3-4,7H,2,5-6,8-9H2,1H3,(H,19,20)(H2,17,18,21). The van der Waals surface area contributed by atoms with Crippen molar-refractivity contribution in [2.24, 2.45) is 5.41 Å². The second kappa shape index (κ2) is 6.11. The number of hydrogen-bond donors (Lipinski definition) is 3. The van der Waals surface area contributed by atoms with Gasteiger partial charge in [-0.05, 0) is 42.9 Å². The number of carboxylic acid groups (broad SMARTS) is 1. The van der Waals surface area contributed by atoms with Gasteiger partial charge < -0.3 is 15.7 Å². The van der Waals surface area contributed by atoms with Crippen LogP contribution in [0.2, 0.25) is 0 Å². The van der Waals surface area contributed by atoms with Crippen molar-refractivity contribution >= 4 is 17.7 Å². The molecule has 1 aromatic rings. The number of nitrogens with one attached hydrogen (secondary N) is 2. The van der Waals surface area contributed by atoms with E-state index in [1.807, 2.05) is 0 Å². The maximum Gasteiger partial charge on any atom is 0.319 e. The SMILES string of the molecule is Cc1ccc(NC(=O)NCC2(CC(=O)O)CCC2)cc1F. The molecule has 0 aromatic heterocycles. The van der Waals surface area contributed by atoms with Gasteiger partial charge >= 0.3 is 12.0 Å². The van der Waals surface area contributed by atoms with E-state index >= 15 is 0 Å².